The van der Waals surface area contributed by atoms with Gasteiger partial charge in [-0.15, -0.1) is 0 Å². The molecule has 0 radical (unpaired) electrons. The second-order valence-electron chi connectivity index (χ2n) is 5.96. The zero-order valence-electron chi connectivity index (χ0n) is 11.2. The van der Waals surface area contributed by atoms with Crippen LogP contribution < -0.4 is 9.47 Å². The van der Waals surface area contributed by atoms with Gasteiger partial charge in [-0.3, -0.25) is 0 Å². The molecule has 20 heavy (non-hydrogen) atoms. The van der Waals surface area contributed by atoms with E-state index in [-0.39, 0.29) is 5.60 Å². The fourth-order valence-electron chi connectivity index (χ4n) is 4.06. The van der Waals surface area contributed by atoms with Crippen molar-refractivity contribution in [3.8, 4) is 11.5 Å². The molecule has 2 heterocycles. The van der Waals surface area contributed by atoms with Crippen LogP contribution in [-0.4, -0.2) is 12.9 Å². The zero-order chi connectivity index (χ0) is 13.2. The van der Waals surface area contributed by atoms with Crippen LogP contribution in [0.15, 0.2) is 42.0 Å². The third-order valence-electron chi connectivity index (χ3n) is 5.06. The van der Waals surface area contributed by atoms with E-state index in [4.69, 9.17) is 14.2 Å². The Morgan fingerprint density at radius 2 is 2.10 bits per heavy atom. The molecule has 3 heteroatoms. The third-order valence-corrected chi connectivity index (χ3v) is 5.06. The molecule has 0 aromatic heterocycles. The van der Waals surface area contributed by atoms with Crippen LogP contribution in [0.2, 0.25) is 0 Å². The number of benzene rings is 1. The van der Waals surface area contributed by atoms with Crippen LogP contribution in [0.5, 0.6) is 11.5 Å². The highest BCUT2D eigenvalue weighted by Crippen LogP contribution is 2.62. The molecule has 2 aliphatic carbocycles. The summed E-state index contributed by atoms with van der Waals surface area (Å²) in [5.41, 5.74) is 2.67. The van der Waals surface area contributed by atoms with Gasteiger partial charge in [-0.2, -0.15) is 0 Å². The van der Waals surface area contributed by atoms with E-state index in [2.05, 4.69) is 30.4 Å². The van der Waals surface area contributed by atoms with Crippen molar-refractivity contribution >= 4 is 0 Å². The first-order valence-corrected chi connectivity index (χ1v) is 7.31. The summed E-state index contributed by atoms with van der Waals surface area (Å²) >= 11 is 0. The predicted octanol–water partition coefficient (Wildman–Crippen LogP) is 3.31. The maximum absolute atomic E-state index is 6.21. The SMILES string of the molecule is C1=CCC2C(=C1)CCC1OC12c1ccc2c(c1)OCO2. The number of hydrogen-bond donors (Lipinski definition) is 0. The van der Waals surface area contributed by atoms with Gasteiger partial charge in [0.25, 0.3) is 0 Å². The van der Waals surface area contributed by atoms with Crippen molar-refractivity contribution in [1.29, 1.82) is 0 Å². The molecule has 0 N–H and O–H groups in total. The van der Waals surface area contributed by atoms with Crippen molar-refractivity contribution in [3.63, 3.8) is 0 Å². The molecule has 4 aliphatic rings. The Labute approximate surface area is 117 Å². The van der Waals surface area contributed by atoms with Crippen LogP contribution in [0.25, 0.3) is 0 Å². The Bertz CT molecular complexity index is 646. The number of allylic oxidation sites excluding steroid dienone is 3. The molecule has 3 unspecified atom stereocenters. The Hall–Kier alpha value is -1.74. The van der Waals surface area contributed by atoms with E-state index in [9.17, 15) is 0 Å². The fourth-order valence-corrected chi connectivity index (χ4v) is 4.06. The monoisotopic (exact) mass is 268 g/mol. The Morgan fingerprint density at radius 3 is 3.10 bits per heavy atom. The van der Waals surface area contributed by atoms with E-state index in [1.165, 1.54) is 12.0 Å². The molecule has 3 atom stereocenters. The summed E-state index contributed by atoms with van der Waals surface area (Å²) < 4.78 is 17.1. The van der Waals surface area contributed by atoms with E-state index in [0.717, 1.165) is 24.3 Å². The molecule has 2 aliphatic heterocycles. The number of fused-ring (bicyclic) bond motifs is 4. The fraction of sp³-hybridized carbons (Fsp3) is 0.412. The first-order chi connectivity index (χ1) is 9.88. The van der Waals surface area contributed by atoms with Crippen molar-refractivity contribution in [2.45, 2.75) is 31.0 Å². The highest BCUT2D eigenvalue weighted by atomic mass is 16.7. The molecule has 0 bridgehead atoms. The molecule has 1 aromatic carbocycles. The average Bonchev–Trinajstić information content (AvgIpc) is 3.09. The van der Waals surface area contributed by atoms with Gasteiger partial charge in [0.05, 0.1) is 6.10 Å². The minimum Gasteiger partial charge on any atom is -0.454 e. The maximum atomic E-state index is 6.21. The standard InChI is InChI=1S/C17H16O3/c1-2-4-13-11(3-1)5-8-16-17(13,20-16)12-6-7-14-15(9-12)19-10-18-14/h1-3,6-7,9,13,16H,4-5,8,10H2. The van der Waals surface area contributed by atoms with E-state index >= 15 is 0 Å². The Morgan fingerprint density at radius 1 is 1.15 bits per heavy atom. The van der Waals surface area contributed by atoms with E-state index < -0.39 is 0 Å². The normalized spacial score (nSPS) is 36.1. The van der Waals surface area contributed by atoms with Gasteiger partial charge in [-0.05, 0) is 37.0 Å². The summed E-state index contributed by atoms with van der Waals surface area (Å²) in [6.45, 7) is 0.327. The van der Waals surface area contributed by atoms with Crippen LogP contribution in [-0.2, 0) is 10.3 Å². The Balaban J connectivity index is 1.60. The molecule has 2 fully saturated rings. The van der Waals surface area contributed by atoms with Crippen molar-refractivity contribution in [3.05, 3.63) is 47.6 Å². The molecule has 1 aromatic rings. The number of hydrogen-bond acceptors (Lipinski definition) is 3. The van der Waals surface area contributed by atoms with Gasteiger partial charge in [-0.1, -0.05) is 29.9 Å². The quantitative estimate of drug-likeness (QED) is 0.732. The Kier molecular flexibility index (Phi) is 2.01. The van der Waals surface area contributed by atoms with Gasteiger partial charge in [0.2, 0.25) is 6.79 Å². The summed E-state index contributed by atoms with van der Waals surface area (Å²) in [4.78, 5) is 0. The maximum Gasteiger partial charge on any atom is 0.231 e. The van der Waals surface area contributed by atoms with Gasteiger partial charge in [-0.25, -0.2) is 0 Å². The summed E-state index contributed by atoms with van der Waals surface area (Å²) in [5, 5.41) is 0. The van der Waals surface area contributed by atoms with Gasteiger partial charge in [0, 0.05) is 5.92 Å². The summed E-state index contributed by atoms with van der Waals surface area (Å²) in [5.74, 6) is 2.19. The first-order valence-electron chi connectivity index (χ1n) is 7.31. The molecule has 0 amide bonds. The lowest BCUT2D eigenvalue weighted by Crippen LogP contribution is -2.31. The number of epoxide rings is 1. The van der Waals surface area contributed by atoms with Gasteiger partial charge in [0.1, 0.15) is 5.60 Å². The van der Waals surface area contributed by atoms with E-state index in [1.54, 1.807) is 5.57 Å². The molecule has 0 spiro atoms. The van der Waals surface area contributed by atoms with Gasteiger partial charge in [0.15, 0.2) is 11.5 Å². The minimum absolute atomic E-state index is 0.115. The number of ether oxygens (including phenoxy) is 3. The highest BCUT2D eigenvalue weighted by Gasteiger charge is 2.64. The molecule has 1 saturated carbocycles. The highest BCUT2D eigenvalue weighted by molar-refractivity contribution is 5.49. The lowest BCUT2D eigenvalue weighted by Gasteiger charge is -2.32. The summed E-state index contributed by atoms with van der Waals surface area (Å²) in [6.07, 6.45) is 10.5. The molecular formula is C17H16O3. The lowest BCUT2D eigenvalue weighted by atomic mass is 9.69. The first kappa shape index (κ1) is 11.0. The van der Waals surface area contributed by atoms with Crippen LogP contribution in [0.1, 0.15) is 24.8 Å². The van der Waals surface area contributed by atoms with Crippen molar-refractivity contribution in [1.82, 2.24) is 0 Å². The summed E-state index contributed by atoms with van der Waals surface area (Å²) in [6, 6.07) is 6.28. The predicted molar refractivity (Wildman–Crippen MR) is 73.7 cm³/mol. The van der Waals surface area contributed by atoms with Crippen molar-refractivity contribution < 1.29 is 14.2 Å². The lowest BCUT2D eigenvalue weighted by molar-refractivity contribution is 0.173. The van der Waals surface area contributed by atoms with Crippen LogP contribution in [0.3, 0.4) is 0 Å². The van der Waals surface area contributed by atoms with Crippen LogP contribution >= 0.6 is 0 Å². The van der Waals surface area contributed by atoms with Crippen molar-refractivity contribution in [2.24, 2.45) is 5.92 Å². The number of rotatable bonds is 1. The molecule has 3 nitrogen and oxygen atoms in total. The molecular weight excluding hydrogens is 252 g/mol. The average molecular weight is 268 g/mol. The zero-order valence-corrected chi connectivity index (χ0v) is 11.2. The van der Waals surface area contributed by atoms with Crippen molar-refractivity contribution in [2.75, 3.05) is 6.79 Å². The molecule has 1 saturated heterocycles. The molecule has 5 rings (SSSR count). The van der Waals surface area contributed by atoms with Crippen LogP contribution in [0.4, 0.5) is 0 Å². The second-order valence-corrected chi connectivity index (χ2v) is 5.96. The minimum atomic E-state index is -0.115. The summed E-state index contributed by atoms with van der Waals surface area (Å²) in [7, 11) is 0. The van der Waals surface area contributed by atoms with E-state index in [1.807, 2.05) is 6.07 Å². The molecule has 102 valence electrons. The van der Waals surface area contributed by atoms with Gasteiger partial charge >= 0.3 is 0 Å². The van der Waals surface area contributed by atoms with E-state index in [0.29, 0.717) is 18.8 Å². The second kappa shape index (κ2) is 3.67. The van der Waals surface area contributed by atoms with Gasteiger partial charge < -0.3 is 14.2 Å². The van der Waals surface area contributed by atoms with Crippen LogP contribution in [0, 0.1) is 5.92 Å². The largest absolute Gasteiger partial charge is 0.454 e. The smallest absolute Gasteiger partial charge is 0.231 e. The third kappa shape index (κ3) is 1.29. The topological polar surface area (TPSA) is 31.0 Å².